The van der Waals surface area contributed by atoms with Crippen LogP contribution >= 0.6 is 11.8 Å². The Morgan fingerprint density at radius 1 is 1.59 bits per heavy atom. The highest BCUT2D eigenvalue weighted by Gasteiger charge is 2.16. The van der Waals surface area contributed by atoms with E-state index in [-0.39, 0.29) is 5.84 Å². The van der Waals surface area contributed by atoms with Gasteiger partial charge in [0.15, 0.2) is 0 Å². The van der Waals surface area contributed by atoms with Crippen molar-refractivity contribution in [2.75, 3.05) is 18.8 Å². The monoisotopic (exact) mass is 249 g/mol. The third kappa shape index (κ3) is 3.48. The molecular weight excluding hydrogens is 230 g/mol. The normalized spacial score (nSPS) is 21.4. The summed E-state index contributed by atoms with van der Waals surface area (Å²) in [5.74, 6) is 1.36. The molecule has 1 aliphatic rings. The minimum absolute atomic E-state index is 0.148. The second-order valence-electron chi connectivity index (χ2n) is 4.53. The minimum Gasteiger partial charge on any atom is -0.384 e. The molecule has 1 atom stereocenters. The molecule has 1 saturated heterocycles. The van der Waals surface area contributed by atoms with Crippen molar-refractivity contribution < 1.29 is 0 Å². The Morgan fingerprint density at radius 2 is 2.41 bits per heavy atom. The molecule has 0 spiro atoms. The van der Waals surface area contributed by atoms with Gasteiger partial charge < -0.3 is 5.73 Å². The molecule has 1 unspecified atom stereocenters. The SMILES string of the molecule is CC1CN(Cc2cccc(C(=N)N)c2)CCS1. The third-order valence-corrected chi connectivity index (χ3v) is 4.11. The molecule has 1 fully saturated rings. The summed E-state index contributed by atoms with van der Waals surface area (Å²) in [6.45, 7) is 5.54. The Hall–Kier alpha value is -1.00. The molecule has 2 rings (SSSR count). The predicted octanol–water partition coefficient (Wildman–Crippen LogP) is 1.91. The van der Waals surface area contributed by atoms with Crippen LogP contribution in [0.1, 0.15) is 18.1 Å². The van der Waals surface area contributed by atoms with E-state index in [0.29, 0.717) is 0 Å². The predicted molar refractivity (Wildman–Crippen MR) is 74.7 cm³/mol. The average molecular weight is 249 g/mol. The number of nitrogens with two attached hydrogens (primary N) is 1. The summed E-state index contributed by atoms with van der Waals surface area (Å²) in [6.07, 6.45) is 0. The lowest BCUT2D eigenvalue weighted by atomic mass is 10.1. The molecule has 1 aromatic rings. The van der Waals surface area contributed by atoms with Crippen molar-refractivity contribution in [1.82, 2.24) is 4.90 Å². The van der Waals surface area contributed by atoms with Crippen LogP contribution in [0.2, 0.25) is 0 Å². The van der Waals surface area contributed by atoms with Crippen LogP contribution < -0.4 is 5.73 Å². The molecule has 1 heterocycles. The quantitative estimate of drug-likeness (QED) is 0.635. The zero-order valence-corrected chi connectivity index (χ0v) is 11.0. The van der Waals surface area contributed by atoms with Crippen molar-refractivity contribution >= 4 is 17.6 Å². The molecule has 3 N–H and O–H groups in total. The van der Waals surface area contributed by atoms with E-state index in [1.165, 1.54) is 11.3 Å². The van der Waals surface area contributed by atoms with Crippen LogP contribution in [-0.4, -0.2) is 34.8 Å². The van der Waals surface area contributed by atoms with E-state index in [9.17, 15) is 0 Å². The Balaban J connectivity index is 2.02. The largest absolute Gasteiger partial charge is 0.384 e. The Labute approximate surface area is 107 Å². The van der Waals surface area contributed by atoms with Gasteiger partial charge in [-0.15, -0.1) is 0 Å². The summed E-state index contributed by atoms with van der Waals surface area (Å²) < 4.78 is 0. The lowest BCUT2D eigenvalue weighted by molar-refractivity contribution is 0.278. The van der Waals surface area contributed by atoms with Crippen molar-refractivity contribution in [2.45, 2.75) is 18.7 Å². The first-order chi connectivity index (χ1) is 8.15. The molecule has 3 nitrogen and oxygen atoms in total. The maximum absolute atomic E-state index is 7.44. The van der Waals surface area contributed by atoms with Gasteiger partial charge in [-0.2, -0.15) is 11.8 Å². The summed E-state index contributed by atoms with van der Waals surface area (Å²) in [5, 5.41) is 8.17. The van der Waals surface area contributed by atoms with E-state index in [1.807, 2.05) is 30.0 Å². The summed E-state index contributed by atoms with van der Waals surface area (Å²) in [6, 6.07) is 8.00. The van der Waals surface area contributed by atoms with Crippen LogP contribution in [0.4, 0.5) is 0 Å². The zero-order valence-electron chi connectivity index (χ0n) is 10.1. The molecule has 0 bridgehead atoms. The number of nitrogen functional groups attached to an aromatic ring is 1. The lowest BCUT2D eigenvalue weighted by Gasteiger charge is -2.30. The first-order valence-electron chi connectivity index (χ1n) is 5.92. The maximum atomic E-state index is 7.44. The summed E-state index contributed by atoms with van der Waals surface area (Å²) in [7, 11) is 0. The smallest absolute Gasteiger partial charge is 0.122 e. The van der Waals surface area contributed by atoms with Crippen LogP contribution in [0.5, 0.6) is 0 Å². The number of benzene rings is 1. The second kappa shape index (κ2) is 5.56. The van der Waals surface area contributed by atoms with Crippen molar-refractivity contribution in [3.8, 4) is 0 Å². The third-order valence-electron chi connectivity index (χ3n) is 2.97. The molecule has 0 aliphatic carbocycles. The molecule has 0 saturated carbocycles. The lowest BCUT2D eigenvalue weighted by Crippen LogP contribution is -2.36. The van der Waals surface area contributed by atoms with Gasteiger partial charge in [0.2, 0.25) is 0 Å². The number of nitrogens with zero attached hydrogens (tertiary/aromatic N) is 1. The highest BCUT2D eigenvalue weighted by Crippen LogP contribution is 2.19. The van der Waals surface area contributed by atoms with E-state index in [1.54, 1.807) is 0 Å². The molecule has 92 valence electrons. The van der Waals surface area contributed by atoms with Gasteiger partial charge in [0.05, 0.1) is 0 Å². The summed E-state index contributed by atoms with van der Waals surface area (Å²) in [5.41, 5.74) is 7.57. The van der Waals surface area contributed by atoms with Crippen LogP contribution in [0.25, 0.3) is 0 Å². The average Bonchev–Trinajstić information content (AvgIpc) is 2.29. The van der Waals surface area contributed by atoms with Gasteiger partial charge in [0.25, 0.3) is 0 Å². The van der Waals surface area contributed by atoms with Crippen molar-refractivity contribution in [3.05, 3.63) is 35.4 Å². The highest BCUT2D eigenvalue weighted by molar-refractivity contribution is 7.99. The standard InChI is InChI=1S/C13H19N3S/c1-10-8-16(5-6-17-10)9-11-3-2-4-12(7-11)13(14)15/h2-4,7,10H,5-6,8-9H2,1H3,(H3,14,15). The number of nitrogens with one attached hydrogen (secondary N) is 1. The Bertz CT molecular complexity index is 405. The molecule has 0 radical (unpaired) electrons. The molecule has 4 heteroatoms. The van der Waals surface area contributed by atoms with E-state index < -0.39 is 0 Å². The van der Waals surface area contributed by atoms with Gasteiger partial charge in [-0.3, -0.25) is 10.3 Å². The number of hydrogen-bond donors (Lipinski definition) is 2. The maximum Gasteiger partial charge on any atom is 0.122 e. The van der Waals surface area contributed by atoms with Gasteiger partial charge in [-0.25, -0.2) is 0 Å². The molecular formula is C13H19N3S. The minimum atomic E-state index is 0.148. The molecule has 17 heavy (non-hydrogen) atoms. The van der Waals surface area contributed by atoms with Crippen LogP contribution in [0, 0.1) is 5.41 Å². The molecule has 0 amide bonds. The zero-order chi connectivity index (χ0) is 12.3. The fourth-order valence-corrected chi connectivity index (χ4v) is 3.21. The highest BCUT2D eigenvalue weighted by atomic mass is 32.2. The van der Waals surface area contributed by atoms with Crippen LogP contribution in [0.3, 0.4) is 0 Å². The van der Waals surface area contributed by atoms with Crippen molar-refractivity contribution in [2.24, 2.45) is 5.73 Å². The van der Waals surface area contributed by atoms with Gasteiger partial charge in [0, 0.05) is 36.2 Å². The van der Waals surface area contributed by atoms with E-state index >= 15 is 0 Å². The molecule has 1 aliphatic heterocycles. The van der Waals surface area contributed by atoms with E-state index in [0.717, 1.165) is 30.4 Å². The first-order valence-corrected chi connectivity index (χ1v) is 6.97. The van der Waals surface area contributed by atoms with E-state index in [2.05, 4.69) is 17.9 Å². The Morgan fingerprint density at radius 3 is 3.12 bits per heavy atom. The molecule has 0 aromatic heterocycles. The number of hydrogen-bond acceptors (Lipinski definition) is 3. The fraction of sp³-hybridized carbons (Fsp3) is 0.462. The summed E-state index contributed by atoms with van der Waals surface area (Å²) in [4.78, 5) is 2.47. The topological polar surface area (TPSA) is 53.1 Å². The Kier molecular flexibility index (Phi) is 4.07. The van der Waals surface area contributed by atoms with Gasteiger partial charge >= 0.3 is 0 Å². The van der Waals surface area contributed by atoms with Gasteiger partial charge in [-0.05, 0) is 11.6 Å². The fourth-order valence-electron chi connectivity index (χ4n) is 2.13. The summed E-state index contributed by atoms with van der Waals surface area (Å²) >= 11 is 2.04. The number of thioether (sulfide) groups is 1. The number of rotatable bonds is 3. The molecule has 1 aromatic carbocycles. The van der Waals surface area contributed by atoms with Gasteiger partial charge in [-0.1, -0.05) is 25.1 Å². The second-order valence-corrected chi connectivity index (χ2v) is 6.08. The van der Waals surface area contributed by atoms with Crippen molar-refractivity contribution in [3.63, 3.8) is 0 Å². The van der Waals surface area contributed by atoms with Gasteiger partial charge in [0.1, 0.15) is 5.84 Å². The van der Waals surface area contributed by atoms with Crippen LogP contribution in [-0.2, 0) is 6.54 Å². The number of amidine groups is 1. The van der Waals surface area contributed by atoms with Crippen molar-refractivity contribution in [1.29, 1.82) is 5.41 Å². The van der Waals surface area contributed by atoms with Crippen LogP contribution in [0.15, 0.2) is 24.3 Å². The first kappa shape index (κ1) is 12.5. The van der Waals surface area contributed by atoms with E-state index in [4.69, 9.17) is 11.1 Å².